The molecule has 0 aliphatic rings. The van der Waals surface area contributed by atoms with Gasteiger partial charge >= 0.3 is 0 Å². The molecule has 0 N–H and O–H groups in total. The Labute approximate surface area is 160 Å². The molecule has 9 heteroatoms. The van der Waals surface area contributed by atoms with Crippen LogP contribution in [0, 0.1) is 5.82 Å². The van der Waals surface area contributed by atoms with Gasteiger partial charge < -0.3 is 14.0 Å². The van der Waals surface area contributed by atoms with Crippen molar-refractivity contribution in [2.75, 3.05) is 20.3 Å². The number of fused-ring (bicyclic) bond motifs is 1. The van der Waals surface area contributed by atoms with Gasteiger partial charge in [-0.05, 0) is 49.4 Å². The number of hydrogen-bond donors (Lipinski definition) is 0. The fourth-order valence-corrected chi connectivity index (χ4v) is 4.82. The van der Waals surface area contributed by atoms with Gasteiger partial charge in [0.1, 0.15) is 11.6 Å². The van der Waals surface area contributed by atoms with Crippen LogP contribution in [0.5, 0.6) is 5.75 Å². The zero-order valence-corrected chi connectivity index (χ0v) is 16.5. The van der Waals surface area contributed by atoms with Gasteiger partial charge in [0.25, 0.3) is 10.0 Å². The number of halogens is 1. The third-order valence-corrected chi connectivity index (χ3v) is 6.30. The minimum atomic E-state index is -3.92. The van der Waals surface area contributed by atoms with Gasteiger partial charge in [-0.2, -0.15) is 8.42 Å². The third-order valence-electron chi connectivity index (χ3n) is 3.86. The van der Waals surface area contributed by atoms with Gasteiger partial charge in [0.15, 0.2) is 0 Å². The molecule has 0 atom stereocenters. The van der Waals surface area contributed by atoms with E-state index in [1.54, 1.807) is 22.8 Å². The summed E-state index contributed by atoms with van der Waals surface area (Å²) in [7, 11) is -2.42. The van der Waals surface area contributed by atoms with Crippen molar-refractivity contribution < 1.29 is 22.3 Å². The average Bonchev–Trinajstić information content (AvgIpc) is 2.97. The Bertz CT molecular complexity index is 1100. The van der Waals surface area contributed by atoms with Crippen molar-refractivity contribution in [1.82, 2.24) is 4.57 Å². The minimum Gasteiger partial charge on any atom is -0.497 e. The van der Waals surface area contributed by atoms with E-state index < -0.39 is 10.0 Å². The van der Waals surface area contributed by atoms with Crippen molar-refractivity contribution in [2.24, 2.45) is 4.40 Å². The second kappa shape index (κ2) is 8.20. The summed E-state index contributed by atoms with van der Waals surface area (Å²) in [6, 6.07) is 10.3. The van der Waals surface area contributed by atoms with Gasteiger partial charge in [-0.15, -0.1) is 4.40 Å². The summed E-state index contributed by atoms with van der Waals surface area (Å²) in [5.41, 5.74) is 0.713. The highest BCUT2D eigenvalue weighted by Crippen LogP contribution is 2.21. The van der Waals surface area contributed by atoms with Gasteiger partial charge in [-0.3, -0.25) is 0 Å². The van der Waals surface area contributed by atoms with Gasteiger partial charge in [0.05, 0.1) is 28.8 Å². The average molecular weight is 410 g/mol. The Hall–Kier alpha value is -2.23. The molecule has 2 aromatic carbocycles. The van der Waals surface area contributed by atoms with Crippen LogP contribution >= 0.6 is 11.3 Å². The molecule has 0 aliphatic carbocycles. The van der Waals surface area contributed by atoms with E-state index in [-0.39, 0.29) is 15.5 Å². The van der Waals surface area contributed by atoms with E-state index in [0.29, 0.717) is 35.7 Å². The first-order chi connectivity index (χ1) is 12.9. The fourth-order valence-electron chi connectivity index (χ4n) is 2.54. The molecular formula is C18H19FN2O4S2. The number of benzene rings is 2. The van der Waals surface area contributed by atoms with Crippen LogP contribution in [0.3, 0.4) is 0 Å². The van der Waals surface area contributed by atoms with Crippen molar-refractivity contribution in [3.63, 3.8) is 0 Å². The predicted octanol–water partition coefficient (Wildman–Crippen LogP) is 3.18. The molecule has 0 amide bonds. The van der Waals surface area contributed by atoms with E-state index in [1.807, 2.05) is 6.92 Å². The van der Waals surface area contributed by atoms with Crippen LogP contribution in [0.1, 0.15) is 6.92 Å². The molecule has 144 valence electrons. The van der Waals surface area contributed by atoms with Crippen LogP contribution in [-0.2, 0) is 21.3 Å². The SMILES string of the molecule is CCOCCn1/c(=N/S(=O)(=O)c2ccc(OC)cc2)sc2cc(F)ccc21. The molecular weight excluding hydrogens is 391 g/mol. The highest BCUT2D eigenvalue weighted by atomic mass is 32.2. The van der Waals surface area contributed by atoms with Crippen molar-refractivity contribution >= 4 is 31.6 Å². The first-order valence-electron chi connectivity index (χ1n) is 8.26. The van der Waals surface area contributed by atoms with Crippen molar-refractivity contribution in [2.45, 2.75) is 18.4 Å². The lowest BCUT2D eigenvalue weighted by Gasteiger charge is -2.06. The molecule has 6 nitrogen and oxygen atoms in total. The van der Waals surface area contributed by atoms with E-state index in [4.69, 9.17) is 9.47 Å². The lowest BCUT2D eigenvalue weighted by molar-refractivity contribution is 0.139. The van der Waals surface area contributed by atoms with E-state index in [1.165, 1.54) is 31.4 Å². The summed E-state index contributed by atoms with van der Waals surface area (Å²) in [6.07, 6.45) is 0. The highest BCUT2D eigenvalue weighted by molar-refractivity contribution is 7.90. The molecule has 0 bridgehead atoms. The standard InChI is InChI=1S/C18H19FN2O4S2/c1-3-25-11-10-21-16-9-4-13(19)12-17(16)26-18(21)20-27(22,23)15-7-5-14(24-2)6-8-15/h4-9,12H,3,10-11H2,1-2H3/b20-18-. The van der Waals surface area contributed by atoms with Gasteiger partial charge in [-0.25, -0.2) is 4.39 Å². The Kier molecular flexibility index (Phi) is 5.93. The van der Waals surface area contributed by atoms with Crippen LogP contribution < -0.4 is 9.54 Å². The Morgan fingerprint density at radius 3 is 2.59 bits per heavy atom. The highest BCUT2D eigenvalue weighted by Gasteiger charge is 2.15. The largest absolute Gasteiger partial charge is 0.497 e. The number of ether oxygens (including phenoxy) is 2. The smallest absolute Gasteiger partial charge is 0.285 e. The third kappa shape index (κ3) is 4.37. The first-order valence-corrected chi connectivity index (χ1v) is 10.5. The molecule has 0 saturated heterocycles. The molecule has 0 aliphatic heterocycles. The topological polar surface area (TPSA) is 69.9 Å². The maximum Gasteiger partial charge on any atom is 0.285 e. The summed E-state index contributed by atoms with van der Waals surface area (Å²) >= 11 is 1.12. The van der Waals surface area contributed by atoms with Gasteiger partial charge in [0.2, 0.25) is 4.80 Å². The monoisotopic (exact) mass is 410 g/mol. The van der Waals surface area contributed by atoms with Crippen LogP contribution in [-0.4, -0.2) is 33.3 Å². The number of hydrogen-bond acceptors (Lipinski definition) is 5. The zero-order valence-electron chi connectivity index (χ0n) is 14.9. The Morgan fingerprint density at radius 2 is 1.93 bits per heavy atom. The molecule has 0 unspecified atom stereocenters. The number of nitrogens with zero attached hydrogens (tertiary/aromatic N) is 2. The molecule has 0 fully saturated rings. The molecule has 27 heavy (non-hydrogen) atoms. The Morgan fingerprint density at radius 1 is 1.19 bits per heavy atom. The number of rotatable bonds is 7. The first kappa shape index (κ1) is 19.5. The minimum absolute atomic E-state index is 0.0586. The summed E-state index contributed by atoms with van der Waals surface area (Å²) in [5.74, 6) is 0.170. The van der Waals surface area contributed by atoms with Crippen molar-refractivity contribution in [3.05, 3.63) is 53.1 Å². The molecule has 3 aromatic rings. The molecule has 3 rings (SSSR count). The van der Waals surface area contributed by atoms with E-state index in [2.05, 4.69) is 4.40 Å². The summed E-state index contributed by atoms with van der Waals surface area (Å²) in [5, 5.41) is 0. The molecule has 0 saturated carbocycles. The van der Waals surface area contributed by atoms with Crippen LogP contribution in [0.15, 0.2) is 51.8 Å². The summed E-state index contributed by atoms with van der Waals surface area (Å²) in [6.45, 7) is 3.24. The molecule has 1 heterocycles. The predicted molar refractivity (Wildman–Crippen MR) is 102 cm³/mol. The zero-order chi connectivity index (χ0) is 19.4. The fraction of sp³-hybridized carbons (Fsp3) is 0.278. The maximum absolute atomic E-state index is 13.6. The Balaban J connectivity index is 2.11. The number of thiazole rings is 1. The second-order valence-electron chi connectivity index (χ2n) is 5.59. The lowest BCUT2D eigenvalue weighted by Crippen LogP contribution is -2.19. The van der Waals surface area contributed by atoms with Gasteiger partial charge in [0, 0.05) is 13.2 Å². The van der Waals surface area contributed by atoms with Crippen molar-refractivity contribution in [1.29, 1.82) is 0 Å². The number of sulfonamides is 1. The normalized spacial score (nSPS) is 12.6. The van der Waals surface area contributed by atoms with E-state index in [9.17, 15) is 12.8 Å². The van der Waals surface area contributed by atoms with Crippen molar-refractivity contribution in [3.8, 4) is 5.75 Å². The summed E-state index contributed by atoms with van der Waals surface area (Å²) in [4.78, 5) is 0.328. The van der Waals surface area contributed by atoms with Gasteiger partial charge in [-0.1, -0.05) is 11.3 Å². The molecule has 0 radical (unpaired) electrons. The maximum atomic E-state index is 13.6. The van der Waals surface area contributed by atoms with E-state index >= 15 is 0 Å². The van der Waals surface area contributed by atoms with Crippen LogP contribution in [0.2, 0.25) is 0 Å². The number of aromatic nitrogens is 1. The second-order valence-corrected chi connectivity index (χ2v) is 8.20. The quantitative estimate of drug-likeness (QED) is 0.561. The van der Waals surface area contributed by atoms with Crippen LogP contribution in [0.4, 0.5) is 4.39 Å². The number of methoxy groups -OCH3 is 1. The lowest BCUT2D eigenvalue weighted by atomic mass is 10.3. The summed E-state index contributed by atoms with van der Waals surface area (Å²) < 4.78 is 55.8. The van der Waals surface area contributed by atoms with Crippen LogP contribution in [0.25, 0.3) is 10.2 Å². The van der Waals surface area contributed by atoms with E-state index in [0.717, 1.165) is 11.3 Å². The molecule has 1 aromatic heterocycles. The molecule has 0 spiro atoms.